The van der Waals surface area contributed by atoms with Gasteiger partial charge in [-0.3, -0.25) is 0 Å². The van der Waals surface area contributed by atoms with Gasteiger partial charge in [0.2, 0.25) is 0 Å². The number of rotatable bonds is 10. The molecule has 0 radical (unpaired) electrons. The second-order valence-corrected chi connectivity index (χ2v) is 5.85. The van der Waals surface area contributed by atoms with Gasteiger partial charge in [0.15, 0.2) is 11.4 Å². The van der Waals surface area contributed by atoms with Crippen LogP contribution in [0.2, 0.25) is 0 Å². The molecule has 0 saturated heterocycles. The van der Waals surface area contributed by atoms with Gasteiger partial charge >= 0.3 is 0 Å². The van der Waals surface area contributed by atoms with Crippen molar-refractivity contribution in [3.63, 3.8) is 0 Å². The van der Waals surface area contributed by atoms with E-state index in [1.165, 1.54) is 0 Å². The molecule has 0 unspecified atom stereocenters. The van der Waals surface area contributed by atoms with Gasteiger partial charge in [0.1, 0.15) is 11.6 Å². The molecular formula is C17H25N3O3S. The lowest BCUT2D eigenvalue weighted by atomic mass is 10.1. The van der Waals surface area contributed by atoms with Gasteiger partial charge in [-0.05, 0) is 37.8 Å². The summed E-state index contributed by atoms with van der Waals surface area (Å²) in [6.07, 6.45) is 2.40. The molecule has 2 rings (SSSR count). The van der Waals surface area contributed by atoms with Crippen molar-refractivity contribution in [2.45, 2.75) is 38.3 Å². The fourth-order valence-electron chi connectivity index (χ4n) is 2.38. The second-order valence-electron chi connectivity index (χ2n) is 5.08. The third-order valence-corrected chi connectivity index (χ3v) is 4.20. The number of aromatic nitrogens is 3. The molecule has 132 valence electrons. The first-order chi connectivity index (χ1) is 11.7. The Morgan fingerprint density at radius 2 is 1.75 bits per heavy atom. The van der Waals surface area contributed by atoms with Crippen LogP contribution in [0.25, 0.3) is 0 Å². The molecule has 0 fully saturated rings. The van der Waals surface area contributed by atoms with E-state index in [0.29, 0.717) is 26.2 Å². The standard InChI is InChI=1S/C17H25N3O3S/c1-5-22-16(23-6-2)12-20-15(18-19-17(20)24-4)11-13-7-9-14(21-3)10-8-13/h7-10,16H,5-6,11-12H2,1-4H3. The van der Waals surface area contributed by atoms with E-state index >= 15 is 0 Å². The van der Waals surface area contributed by atoms with E-state index in [1.54, 1.807) is 18.9 Å². The molecule has 6 nitrogen and oxygen atoms in total. The Labute approximate surface area is 147 Å². The lowest BCUT2D eigenvalue weighted by molar-refractivity contribution is -0.144. The molecule has 0 atom stereocenters. The highest BCUT2D eigenvalue weighted by atomic mass is 32.2. The van der Waals surface area contributed by atoms with Crippen LogP contribution in [0.4, 0.5) is 0 Å². The summed E-state index contributed by atoms with van der Waals surface area (Å²) in [5.74, 6) is 1.74. The van der Waals surface area contributed by atoms with Crippen LogP contribution in [-0.4, -0.2) is 47.6 Å². The molecule has 0 saturated carbocycles. The zero-order valence-corrected chi connectivity index (χ0v) is 15.5. The molecule has 1 heterocycles. The first-order valence-corrected chi connectivity index (χ1v) is 9.26. The van der Waals surface area contributed by atoms with Crippen LogP contribution in [0, 0.1) is 0 Å². The fourth-order valence-corrected chi connectivity index (χ4v) is 2.91. The monoisotopic (exact) mass is 351 g/mol. The molecule has 0 bridgehead atoms. The number of hydrogen-bond donors (Lipinski definition) is 0. The molecule has 0 N–H and O–H groups in total. The first-order valence-electron chi connectivity index (χ1n) is 8.04. The van der Waals surface area contributed by atoms with Crippen LogP contribution < -0.4 is 4.74 Å². The van der Waals surface area contributed by atoms with Crippen molar-refractivity contribution < 1.29 is 14.2 Å². The summed E-state index contributed by atoms with van der Waals surface area (Å²) in [5.41, 5.74) is 1.15. The number of nitrogens with zero attached hydrogens (tertiary/aromatic N) is 3. The van der Waals surface area contributed by atoms with Gasteiger partial charge in [0.25, 0.3) is 0 Å². The zero-order valence-electron chi connectivity index (χ0n) is 14.7. The summed E-state index contributed by atoms with van der Waals surface area (Å²) in [7, 11) is 1.66. The lowest BCUT2D eigenvalue weighted by Crippen LogP contribution is -2.25. The largest absolute Gasteiger partial charge is 0.497 e. The van der Waals surface area contributed by atoms with Gasteiger partial charge in [-0.1, -0.05) is 23.9 Å². The Morgan fingerprint density at radius 1 is 1.08 bits per heavy atom. The van der Waals surface area contributed by atoms with Crippen LogP contribution >= 0.6 is 11.8 Å². The highest BCUT2D eigenvalue weighted by Crippen LogP contribution is 2.19. The highest BCUT2D eigenvalue weighted by Gasteiger charge is 2.17. The molecule has 1 aromatic carbocycles. The maximum absolute atomic E-state index is 5.67. The SMILES string of the molecule is CCOC(Cn1c(Cc2ccc(OC)cc2)nnc1SC)OCC. The average Bonchev–Trinajstić information content (AvgIpc) is 2.97. The minimum atomic E-state index is -0.295. The number of hydrogen-bond acceptors (Lipinski definition) is 6. The summed E-state index contributed by atoms with van der Waals surface area (Å²) in [5, 5.41) is 9.49. The Morgan fingerprint density at radius 3 is 2.29 bits per heavy atom. The Balaban J connectivity index is 2.18. The maximum atomic E-state index is 5.67. The smallest absolute Gasteiger partial charge is 0.191 e. The van der Waals surface area contributed by atoms with E-state index in [4.69, 9.17) is 14.2 Å². The van der Waals surface area contributed by atoms with E-state index in [-0.39, 0.29) is 6.29 Å². The molecule has 2 aromatic rings. The third kappa shape index (κ3) is 4.96. The van der Waals surface area contributed by atoms with Crippen molar-refractivity contribution in [3.8, 4) is 5.75 Å². The summed E-state index contributed by atoms with van der Waals surface area (Å²) < 4.78 is 18.6. The van der Waals surface area contributed by atoms with Gasteiger partial charge in [-0.2, -0.15) is 0 Å². The average molecular weight is 351 g/mol. The normalized spacial score (nSPS) is 11.2. The molecule has 0 aliphatic heterocycles. The molecule has 0 spiro atoms. The van der Waals surface area contributed by atoms with E-state index in [1.807, 2.05) is 44.4 Å². The van der Waals surface area contributed by atoms with Crippen molar-refractivity contribution in [3.05, 3.63) is 35.7 Å². The first kappa shape index (κ1) is 18.8. The third-order valence-electron chi connectivity index (χ3n) is 3.53. The minimum absolute atomic E-state index is 0.295. The summed E-state index contributed by atoms with van der Waals surface area (Å²) >= 11 is 1.57. The van der Waals surface area contributed by atoms with Crippen molar-refractivity contribution in [1.29, 1.82) is 0 Å². The van der Waals surface area contributed by atoms with Gasteiger partial charge in [-0.15, -0.1) is 10.2 Å². The second kappa shape index (κ2) is 9.66. The Kier molecular flexibility index (Phi) is 7.55. The molecule has 7 heteroatoms. The quantitative estimate of drug-likeness (QED) is 0.484. The predicted octanol–water partition coefficient (Wildman–Crippen LogP) is 3.00. The minimum Gasteiger partial charge on any atom is -0.497 e. The van der Waals surface area contributed by atoms with E-state index in [9.17, 15) is 0 Å². The number of benzene rings is 1. The molecule has 1 aromatic heterocycles. The number of thioether (sulfide) groups is 1. The fraction of sp³-hybridized carbons (Fsp3) is 0.529. The zero-order chi connectivity index (χ0) is 17.4. The number of methoxy groups -OCH3 is 1. The van der Waals surface area contributed by atoms with Crippen LogP contribution in [0.15, 0.2) is 29.4 Å². The van der Waals surface area contributed by atoms with Gasteiger partial charge < -0.3 is 18.8 Å². The summed E-state index contributed by atoms with van der Waals surface area (Å²) in [6, 6.07) is 7.99. The van der Waals surface area contributed by atoms with Gasteiger partial charge in [0, 0.05) is 19.6 Å². The molecule has 0 amide bonds. The van der Waals surface area contributed by atoms with Crippen LogP contribution in [0.5, 0.6) is 5.75 Å². The van der Waals surface area contributed by atoms with Gasteiger partial charge in [-0.25, -0.2) is 0 Å². The van der Waals surface area contributed by atoms with Gasteiger partial charge in [0.05, 0.1) is 13.7 Å². The van der Waals surface area contributed by atoms with E-state index in [0.717, 1.165) is 22.3 Å². The Hall–Kier alpha value is -1.57. The Bertz CT molecular complexity index is 610. The predicted molar refractivity (Wildman–Crippen MR) is 94.6 cm³/mol. The van der Waals surface area contributed by atoms with Crippen LogP contribution in [0.3, 0.4) is 0 Å². The molecule has 0 aliphatic rings. The molecule has 24 heavy (non-hydrogen) atoms. The van der Waals surface area contributed by atoms with Crippen molar-refractivity contribution in [2.24, 2.45) is 0 Å². The highest BCUT2D eigenvalue weighted by molar-refractivity contribution is 7.98. The van der Waals surface area contributed by atoms with Crippen molar-refractivity contribution in [1.82, 2.24) is 14.8 Å². The van der Waals surface area contributed by atoms with Crippen LogP contribution in [-0.2, 0) is 22.4 Å². The van der Waals surface area contributed by atoms with Crippen LogP contribution in [0.1, 0.15) is 25.2 Å². The summed E-state index contributed by atoms with van der Waals surface area (Å²) in [6.45, 7) is 5.72. The molecule has 0 aliphatic carbocycles. The van der Waals surface area contributed by atoms with Crippen molar-refractivity contribution >= 4 is 11.8 Å². The topological polar surface area (TPSA) is 58.4 Å². The summed E-state index contributed by atoms with van der Waals surface area (Å²) in [4.78, 5) is 0. The van der Waals surface area contributed by atoms with Crippen molar-refractivity contribution in [2.75, 3.05) is 26.6 Å². The van der Waals surface area contributed by atoms with E-state index in [2.05, 4.69) is 14.8 Å². The maximum Gasteiger partial charge on any atom is 0.191 e. The molecular weight excluding hydrogens is 326 g/mol. The van der Waals surface area contributed by atoms with E-state index < -0.39 is 0 Å². The number of ether oxygens (including phenoxy) is 3. The lowest BCUT2D eigenvalue weighted by Gasteiger charge is -2.19.